The molecule has 1 aromatic heterocycles. The molecule has 0 amide bonds. The van der Waals surface area contributed by atoms with Crippen molar-refractivity contribution in [1.82, 2.24) is 9.97 Å². The van der Waals surface area contributed by atoms with Gasteiger partial charge in [0.2, 0.25) is 11.8 Å². The SMILES string of the molecule is Cc1cc(OC(C)C)nc(NC/C=C/CN)n1. The van der Waals surface area contributed by atoms with Gasteiger partial charge in [-0.1, -0.05) is 12.2 Å². The van der Waals surface area contributed by atoms with E-state index in [-0.39, 0.29) is 6.10 Å². The lowest BCUT2D eigenvalue weighted by molar-refractivity contribution is 0.232. The molecule has 0 bridgehead atoms. The van der Waals surface area contributed by atoms with E-state index in [9.17, 15) is 0 Å². The first kappa shape index (κ1) is 13.4. The highest BCUT2D eigenvalue weighted by atomic mass is 16.5. The highest BCUT2D eigenvalue weighted by Gasteiger charge is 2.03. The fourth-order valence-corrected chi connectivity index (χ4v) is 1.25. The maximum atomic E-state index is 5.53. The van der Waals surface area contributed by atoms with Gasteiger partial charge in [-0.25, -0.2) is 4.98 Å². The topological polar surface area (TPSA) is 73.1 Å². The van der Waals surface area contributed by atoms with Crippen LogP contribution < -0.4 is 15.8 Å². The van der Waals surface area contributed by atoms with Gasteiger partial charge >= 0.3 is 0 Å². The molecule has 1 heterocycles. The lowest BCUT2D eigenvalue weighted by atomic mass is 10.4. The zero-order chi connectivity index (χ0) is 12.7. The van der Waals surface area contributed by atoms with Crippen molar-refractivity contribution < 1.29 is 4.74 Å². The Balaban J connectivity index is 2.65. The Morgan fingerprint density at radius 3 is 2.82 bits per heavy atom. The van der Waals surface area contributed by atoms with Crippen molar-refractivity contribution in [3.8, 4) is 5.88 Å². The van der Waals surface area contributed by atoms with Crippen molar-refractivity contribution in [1.29, 1.82) is 0 Å². The normalized spacial score (nSPS) is 11.1. The van der Waals surface area contributed by atoms with Gasteiger partial charge in [0.05, 0.1) is 6.10 Å². The minimum atomic E-state index is 0.106. The Bertz CT molecular complexity index is 377. The van der Waals surface area contributed by atoms with E-state index in [0.29, 0.717) is 24.9 Å². The molecule has 0 radical (unpaired) electrons. The molecular formula is C12H20N4O. The maximum Gasteiger partial charge on any atom is 0.226 e. The number of hydrogen-bond acceptors (Lipinski definition) is 5. The fourth-order valence-electron chi connectivity index (χ4n) is 1.25. The van der Waals surface area contributed by atoms with Crippen LogP contribution >= 0.6 is 0 Å². The monoisotopic (exact) mass is 236 g/mol. The van der Waals surface area contributed by atoms with Crippen LogP contribution in [0.4, 0.5) is 5.95 Å². The molecule has 0 fully saturated rings. The van der Waals surface area contributed by atoms with Gasteiger partial charge in [-0.15, -0.1) is 0 Å². The Kier molecular flexibility index (Phi) is 5.42. The van der Waals surface area contributed by atoms with E-state index in [4.69, 9.17) is 10.5 Å². The second kappa shape index (κ2) is 6.85. The van der Waals surface area contributed by atoms with Crippen molar-refractivity contribution >= 4 is 5.95 Å². The number of rotatable bonds is 6. The maximum absolute atomic E-state index is 5.53. The molecule has 0 spiro atoms. The van der Waals surface area contributed by atoms with Gasteiger partial charge in [0.15, 0.2) is 0 Å². The number of nitrogens with one attached hydrogen (secondary N) is 1. The van der Waals surface area contributed by atoms with Crippen LogP contribution in [0, 0.1) is 6.92 Å². The predicted molar refractivity (Wildman–Crippen MR) is 69.2 cm³/mol. The van der Waals surface area contributed by atoms with Gasteiger partial charge in [0.25, 0.3) is 0 Å². The molecule has 0 aliphatic carbocycles. The van der Waals surface area contributed by atoms with Crippen LogP contribution in [0.2, 0.25) is 0 Å². The molecule has 3 N–H and O–H groups in total. The average Bonchev–Trinajstić information content (AvgIpc) is 2.22. The zero-order valence-electron chi connectivity index (χ0n) is 10.6. The predicted octanol–water partition coefficient (Wildman–Crippen LogP) is 1.50. The summed E-state index contributed by atoms with van der Waals surface area (Å²) in [6.07, 6.45) is 3.93. The number of aromatic nitrogens is 2. The van der Waals surface area contributed by atoms with Crippen molar-refractivity contribution in [3.63, 3.8) is 0 Å². The molecule has 0 aliphatic heterocycles. The highest BCUT2D eigenvalue weighted by Crippen LogP contribution is 2.13. The summed E-state index contributed by atoms with van der Waals surface area (Å²) in [5.74, 6) is 1.17. The molecule has 1 aromatic rings. The summed E-state index contributed by atoms with van der Waals surface area (Å²) in [7, 11) is 0. The first-order valence-corrected chi connectivity index (χ1v) is 5.73. The third-order valence-electron chi connectivity index (χ3n) is 1.87. The summed E-state index contributed by atoms with van der Waals surface area (Å²) >= 11 is 0. The van der Waals surface area contributed by atoms with Gasteiger partial charge < -0.3 is 15.8 Å². The standard InChI is InChI=1S/C12H20N4O/c1-9(2)17-11-8-10(3)15-12(16-11)14-7-5-4-6-13/h4-5,8-9H,6-7,13H2,1-3H3,(H,14,15,16)/b5-4+. The molecule has 0 aromatic carbocycles. The third-order valence-corrected chi connectivity index (χ3v) is 1.87. The summed E-state index contributed by atoms with van der Waals surface area (Å²) < 4.78 is 5.53. The highest BCUT2D eigenvalue weighted by molar-refractivity contribution is 5.31. The minimum Gasteiger partial charge on any atom is -0.475 e. The lowest BCUT2D eigenvalue weighted by Crippen LogP contribution is -2.10. The van der Waals surface area contributed by atoms with E-state index in [1.807, 2.05) is 39.0 Å². The Morgan fingerprint density at radius 1 is 1.41 bits per heavy atom. The number of hydrogen-bond donors (Lipinski definition) is 2. The smallest absolute Gasteiger partial charge is 0.226 e. The van der Waals surface area contributed by atoms with Crippen molar-refractivity contribution in [2.45, 2.75) is 26.9 Å². The summed E-state index contributed by atoms with van der Waals surface area (Å²) in [5.41, 5.74) is 6.22. The van der Waals surface area contributed by atoms with E-state index in [1.54, 1.807) is 0 Å². The summed E-state index contributed by atoms with van der Waals surface area (Å²) in [5, 5.41) is 3.09. The zero-order valence-corrected chi connectivity index (χ0v) is 10.6. The van der Waals surface area contributed by atoms with Crippen molar-refractivity contribution in [2.75, 3.05) is 18.4 Å². The molecule has 0 unspecified atom stereocenters. The minimum absolute atomic E-state index is 0.106. The fraction of sp³-hybridized carbons (Fsp3) is 0.500. The molecule has 0 aliphatic rings. The summed E-state index contributed by atoms with van der Waals surface area (Å²) in [4.78, 5) is 8.53. The lowest BCUT2D eigenvalue weighted by Gasteiger charge is -2.10. The van der Waals surface area contributed by atoms with Crippen molar-refractivity contribution in [2.24, 2.45) is 5.73 Å². The van der Waals surface area contributed by atoms with Gasteiger partial charge in [-0.05, 0) is 20.8 Å². The van der Waals surface area contributed by atoms with E-state index in [2.05, 4.69) is 15.3 Å². The van der Waals surface area contributed by atoms with Gasteiger partial charge in [0.1, 0.15) is 0 Å². The molecular weight excluding hydrogens is 216 g/mol. The number of aryl methyl sites for hydroxylation is 1. The van der Waals surface area contributed by atoms with Crippen molar-refractivity contribution in [3.05, 3.63) is 23.9 Å². The van der Waals surface area contributed by atoms with Crippen LogP contribution in [0.1, 0.15) is 19.5 Å². The molecule has 1 rings (SSSR count). The van der Waals surface area contributed by atoms with Crippen LogP contribution in [-0.2, 0) is 0 Å². The molecule has 0 saturated carbocycles. The Hall–Kier alpha value is -1.62. The summed E-state index contributed by atoms with van der Waals surface area (Å²) in [6.45, 7) is 7.04. The summed E-state index contributed by atoms with van der Waals surface area (Å²) in [6, 6.07) is 1.82. The van der Waals surface area contributed by atoms with E-state index >= 15 is 0 Å². The molecule has 5 nitrogen and oxygen atoms in total. The van der Waals surface area contributed by atoms with E-state index < -0.39 is 0 Å². The average molecular weight is 236 g/mol. The van der Waals surface area contributed by atoms with Gasteiger partial charge in [-0.3, -0.25) is 0 Å². The molecule has 94 valence electrons. The number of anilines is 1. The van der Waals surface area contributed by atoms with Crippen LogP contribution in [0.5, 0.6) is 5.88 Å². The number of nitrogens with two attached hydrogens (primary N) is 1. The van der Waals surface area contributed by atoms with E-state index in [1.165, 1.54) is 0 Å². The first-order valence-electron chi connectivity index (χ1n) is 5.73. The van der Waals surface area contributed by atoms with Gasteiger partial charge in [-0.2, -0.15) is 4.98 Å². The number of ether oxygens (including phenoxy) is 1. The molecule has 17 heavy (non-hydrogen) atoms. The van der Waals surface area contributed by atoms with Crippen LogP contribution in [-0.4, -0.2) is 29.2 Å². The largest absolute Gasteiger partial charge is 0.475 e. The molecule has 5 heteroatoms. The third kappa shape index (κ3) is 5.31. The first-order chi connectivity index (χ1) is 8.11. The number of nitrogens with zero attached hydrogens (tertiary/aromatic N) is 2. The quantitative estimate of drug-likeness (QED) is 0.732. The Morgan fingerprint density at radius 2 is 2.18 bits per heavy atom. The molecule has 0 saturated heterocycles. The second-order valence-corrected chi connectivity index (χ2v) is 3.93. The Labute approximate surface area is 102 Å². The molecule has 0 atom stereocenters. The van der Waals surface area contributed by atoms with Crippen LogP contribution in [0.15, 0.2) is 18.2 Å². The van der Waals surface area contributed by atoms with Crippen LogP contribution in [0.25, 0.3) is 0 Å². The van der Waals surface area contributed by atoms with Crippen LogP contribution in [0.3, 0.4) is 0 Å². The van der Waals surface area contributed by atoms with E-state index in [0.717, 1.165) is 5.69 Å². The van der Waals surface area contributed by atoms with Gasteiger partial charge in [0, 0.05) is 24.8 Å². The second-order valence-electron chi connectivity index (χ2n) is 3.93.